The minimum atomic E-state index is -3.59. The topological polar surface area (TPSA) is 101 Å². The molecule has 0 fully saturated rings. The van der Waals surface area contributed by atoms with Crippen LogP contribution in [0.15, 0.2) is 11.4 Å². The Morgan fingerprint density at radius 1 is 1.39 bits per heavy atom. The van der Waals surface area contributed by atoms with Gasteiger partial charge in [-0.2, -0.15) is 0 Å². The maximum atomic E-state index is 11.9. The molecule has 1 rings (SSSR count). The molecule has 0 saturated carbocycles. The molecule has 0 saturated heterocycles. The third-order valence-electron chi connectivity index (χ3n) is 2.58. The van der Waals surface area contributed by atoms with E-state index in [9.17, 15) is 18.0 Å². The van der Waals surface area contributed by atoms with Crippen LogP contribution in [0.25, 0.3) is 0 Å². The number of nitrogens with one attached hydrogen (secondary N) is 1. The molecule has 0 atom stereocenters. The van der Waals surface area contributed by atoms with Crippen LogP contribution in [0.5, 0.6) is 0 Å². The maximum Gasteiger partial charge on any atom is 0.348 e. The van der Waals surface area contributed by atoms with Gasteiger partial charge in [0.05, 0.1) is 5.69 Å². The van der Waals surface area contributed by atoms with E-state index < -0.39 is 26.5 Å². The second-order valence-corrected chi connectivity index (χ2v) is 7.69. The van der Waals surface area contributed by atoms with Crippen LogP contribution in [0.1, 0.15) is 23.5 Å². The maximum absolute atomic E-state index is 11.9. The Labute approximate surface area is 109 Å². The van der Waals surface area contributed by atoms with Gasteiger partial charge < -0.3 is 10.4 Å². The first-order chi connectivity index (χ1) is 8.07. The summed E-state index contributed by atoms with van der Waals surface area (Å²) >= 11 is 0.954. The van der Waals surface area contributed by atoms with Gasteiger partial charge in [-0.3, -0.25) is 4.79 Å². The zero-order chi connectivity index (χ0) is 14.1. The van der Waals surface area contributed by atoms with Crippen molar-refractivity contribution in [3.05, 3.63) is 16.3 Å². The van der Waals surface area contributed by atoms with E-state index in [-0.39, 0.29) is 10.6 Å². The predicted octanol–water partition coefficient (Wildman–Crippen LogP) is 1.21. The zero-order valence-electron chi connectivity index (χ0n) is 10.1. The van der Waals surface area contributed by atoms with Crippen LogP contribution in [-0.2, 0) is 14.6 Å². The van der Waals surface area contributed by atoms with Crippen molar-refractivity contribution in [1.29, 1.82) is 0 Å². The standard InChI is InChI=1S/C10H13NO5S2/c1-10(2,18(3,15)16)9(14)11-6-4-5-17-7(6)8(12)13/h4-5H,1-3H3,(H,11,14)(H,12,13). The molecule has 0 aromatic carbocycles. The number of amides is 1. The van der Waals surface area contributed by atoms with Crippen LogP contribution in [0.3, 0.4) is 0 Å². The van der Waals surface area contributed by atoms with Crippen LogP contribution in [0, 0.1) is 0 Å². The number of anilines is 1. The molecule has 100 valence electrons. The summed E-state index contributed by atoms with van der Waals surface area (Å²) in [5, 5.41) is 12.7. The van der Waals surface area contributed by atoms with E-state index in [2.05, 4.69) is 5.32 Å². The first-order valence-corrected chi connectivity index (χ1v) is 7.66. The number of carbonyl (C=O) groups is 2. The molecule has 0 aliphatic carbocycles. The van der Waals surface area contributed by atoms with Crippen molar-refractivity contribution in [3.8, 4) is 0 Å². The number of aromatic carboxylic acids is 1. The lowest BCUT2D eigenvalue weighted by Crippen LogP contribution is -2.44. The molecule has 0 spiro atoms. The molecule has 0 aliphatic heterocycles. The SMILES string of the molecule is CC(C)(C(=O)Nc1ccsc1C(=O)O)S(C)(=O)=O. The van der Waals surface area contributed by atoms with E-state index in [1.165, 1.54) is 25.3 Å². The summed E-state index contributed by atoms with van der Waals surface area (Å²) in [6.45, 7) is 2.54. The van der Waals surface area contributed by atoms with Gasteiger partial charge in [0.2, 0.25) is 5.91 Å². The third kappa shape index (κ3) is 2.70. The van der Waals surface area contributed by atoms with Gasteiger partial charge in [0.25, 0.3) is 0 Å². The Balaban J connectivity index is 3.03. The smallest absolute Gasteiger partial charge is 0.348 e. The summed E-state index contributed by atoms with van der Waals surface area (Å²) in [4.78, 5) is 22.7. The van der Waals surface area contributed by atoms with Crippen LogP contribution in [0.4, 0.5) is 5.69 Å². The number of carbonyl (C=O) groups excluding carboxylic acids is 1. The van der Waals surface area contributed by atoms with Crippen molar-refractivity contribution in [1.82, 2.24) is 0 Å². The Hall–Kier alpha value is -1.41. The first kappa shape index (κ1) is 14.7. The van der Waals surface area contributed by atoms with Crippen molar-refractivity contribution in [3.63, 3.8) is 0 Å². The molecule has 0 bridgehead atoms. The molecular weight excluding hydrogens is 278 g/mol. The highest BCUT2D eigenvalue weighted by Crippen LogP contribution is 2.25. The quantitative estimate of drug-likeness (QED) is 0.868. The Bertz CT molecular complexity index is 585. The number of carboxylic acid groups (broad SMARTS) is 1. The average Bonchev–Trinajstić information content (AvgIpc) is 2.63. The van der Waals surface area contributed by atoms with Crippen molar-refractivity contribution in [2.24, 2.45) is 0 Å². The summed E-state index contributed by atoms with van der Waals surface area (Å²) in [7, 11) is -3.59. The van der Waals surface area contributed by atoms with Gasteiger partial charge in [-0.1, -0.05) is 0 Å². The largest absolute Gasteiger partial charge is 0.477 e. The minimum Gasteiger partial charge on any atom is -0.477 e. The fourth-order valence-corrected chi connectivity index (χ4v) is 2.09. The minimum absolute atomic E-state index is 0.0346. The Morgan fingerprint density at radius 2 is 1.94 bits per heavy atom. The van der Waals surface area contributed by atoms with Crippen molar-refractivity contribution < 1.29 is 23.1 Å². The molecule has 0 aliphatic rings. The summed E-state index contributed by atoms with van der Waals surface area (Å²) < 4.78 is 21.3. The van der Waals surface area contributed by atoms with Crippen LogP contribution in [0.2, 0.25) is 0 Å². The van der Waals surface area contributed by atoms with Crippen molar-refractivity contribution in [2.75, 3.05) is 11.6 Å². The van der Waals surface area contributed by atoms with Gasteiger partial charge in [0.1, 0.15) is 9.62 Å². The van der Waals surface area contributed by atoms with Gasteiger partial charge in [0, 0.05) is 6.26 Å². The van der Waals surface area contributed by atoms with Crippen molar-refractivity contribution in [2.45, 2.75) is 18.6 Å². The normalized spacial score (nSPS) is 12.2. The fourth-order valence-electron chi connectivity index (χ4n) is 1.01. The molecule has 1 amide bonds. The molecule has 18 heavy (non-hydrogen) atoms. The third-order valence-corrected chi connectivity index (χ3v) is 5.52. The highest BCUT2D eigenvalue weighted by atomic mass is 32.2. The second kappa shape index (κ2) is 4.69. The van der Waals surface area contributed by atoms with Crippen LogP contribution < -0.4 is 5.32 Å². The van der Waals surface area contributed by atoms with Gasteiger partial charge in [-0.05, 0) is 25.3 Å². The van der Waals surface area contributed by atoms with Crippen LogP contribution >= 0.6 is 11.3 Å². The van der Waals surface area contributed by atoms with Gasteiger partial charge in [-0.15, -0.1) is 11.3 Å². The molecule has 0 radical (unpaired) electrons. The molecule has 0 unspecified atom stereocenters. The summed E-state index contributed by atoms with van der Waals surface area (Å²) in [5.74, 6) is -1.93. The lowest BCUT2D eigenvalue weighted by molar-refractivity contribution is -0.117. The number of hydrogen-bond donors (Lipinski definition) is 2. The number of rotatable bonds is 4. The number of carboxylic acids is 1. The lowest BCUT2D eigenvalue weighted by atomic mass is 10.2. The number of thiophene rings is 1. The molecule has 2 N–H and O–H groups in total. The van der Waals surface area contributed by atoms with E-state index in [1.54, 1.807) is 0 Å². The monoisotopic (exact) mass is 291 g/mol. The van der Waals surface area contributed by atoms with E-state index in [4.69, 9.17) is 5.11 Å². The fraction of sp³-hybridized carbons (Fsp3) is 0.400. The lowest BCUT2D eigenvalue weighted by Gasteiger charge is -2.21. The second-order valence-electron chi connectivity index (χ2n) is 4.21. The number of sulfone groups is 1. The average molecular weight is 291 g/mol. The van der Waals surface area contributed by atoms with E-state index in [1.807, 2.05) is 0 Å². The van der Waals surface area contributed by atoms with Crippen molar-refractivity contribution >= 4 is 38.7 Å². The highest BCUT2D eigenvalue weighted by molar-refractivity contribution is 7.92. The van der Waals surface area contributed by atoms with E-state index in [0.29, 0.717) is 0 Å². The highest BCUT2D eigenvalue weighted by Gasteiger charge is 2.38. The molecule has 6 nitrogen and oxygen atoms in total. The first-order valence-electron chi connectivity index (χ1n) is 4.89. The van der Waals surface area contributed by atoms with E-state index >= 15 is 0 Å². The van der Waals surface area contributed by atoms with E-state index in [0.717, 1.165) is 17.6 Å². The summed E-state index contributed by atoms with van der Waals surface area (Å²) in [5.41, 5.74) is 0.106. The molecular formula is C10H13NO5S2. The van der Waals surface area contributed by atoms with Gasteiger partial charge >= 0.3 is 5.97 Å². The molecule has 1 aromatic heterocycles. The van der Waals surface area contributed by atoms with Gasteiger partial charge in [0.15, 0.2) is 9.84 Å². The Kier molecular flexibility index (Phi) is 3.82. The molecule has 8 heteroatoms. The van der Waals surface area contributed by atoms with Gasteiger partial charge in [-0.25, -0.2) is 13.2 Å². The van der Waals surface area contributed by atoms with Crippen LogP contribution in [-0.4, -0.2) is 36.4 Å². The predicted molar refractivity (Wildman–Crippen MR) is 68.8 cm³/mol. The summed E-state index contributed by atoms with van der Waals surface area (Å²) in [6, 6.07) is 1.42. The zero-order valence-corrected chi connectivity index (χ0v) is 11.7. The molecule has 1 aromatic rings. The summed E-state index contributed by atoms with van der Waals surface area (Å²) in [6.07, 6.45) is 0.957. The number of hydrogen-bond acceptors (Lipinski definition) is 5. The Morgan fingerprint density at radius 3 is 2.39 bits per heavy atom. The molecule has 1 heterocycles.